The van der Waals surface area contributed by atoms with E-state index in [9.17, 15) is 5.11 Å². The lowest BCUT2D eigenvalue weighted by molar-refractivity contribution is 0.0710. The average molecular weight is 233 g/mol. The fourth-order valence-electron chi connectivity index (χ4n) is 2.90. The largest absolute Gasteiger partial charge is 0.391 e. The van der Waals surface area contributed by atoms with Gasteiger partial charge in [0.2, 0.25) is 0 Å². The smallest absolute Gasteiger partial charge is 0.0767 e. The Balaban J connectivity index is 2.45. The lowest BCUT2D eigenvalue weighted by Gasteiger charge is -2.48. The molecule has 0 aliphatic carbocycles. The number of aliphatic hydroxyl groups is 1. The first-order valence-electron chi connectivity index (χ1n) is 6.46. The van der Waals surface area contributed by atoms with Crippen LogP contribution in [0.4, 0.5) is 5.69 Å². The summed E-state index contributed by atoms with van der Waals surface area (Å²) in [4.78, 5) is 2.38. The third-order valence-corrected chi connectivity index (χ3v) is 4.08. The van der Waals surface area contributed by atoms with Gasteiger partial charge in [0, 0.05) is 12.2 Å². The van der Waals surface area contributed by atoms with E-state index in [1.165, 1.54) is 16.8 Å². The van der Waals surface area contributed by atoms with E-state index >= 15 is 0 Å². The zero-order chi connectivity index (χ0) is 12.6. The summed E-state index contributed by atoms with van der Waals surface area (Å²) in [5.74, 6) is 0. The number of nitrogens with zero attached hydrogens (tertiary/aromatic N) is 1. The molecular weight excluding hydrogens is 210 g/mol. The van der Waals surface area contributed by atoms with Crippen LogP contribution in [0.15, 0.2) is 18.2 Å². The van der Waals surface area contributed by atoms with Crippen LogP contribution in [0.1, 0.15) is 37.8 Å². The summed E-state index contributed by atoms with van der Waals surface area (Å²) in [6.45, 7) is 9.62. The minimum Gasteiger partial charge on any atom is -0.391 e. The number of para-hydroxylation sites is 1. The van der Waals surface area contributed by atoms with Crippen LogP contribution in [0.2, 0.25) is 0 Å². The summed E-state index contributed by atoms with van der Waals surface area (Å²) < 4.78 is 0. The molecule has 1 saturated heterocycles. The molecule has 17 heavy (non-hydrogen) atoms. The maximum absolute atomic E-state index is 10.2. The molecule has 1 aliphatic rings. The third kappa shape index (κ3) is 2.06. The summed E-state index contributed by atoms with van der Waals surface area (Å²) >= 11 is 0. The molecule has 1 fully saturated rings. The van der Waals surface area contributed by atoms with Gasteiger partial charge in [-0.1, -0.05) is 18.2 Å². The molecule has 1 aromatic rings. The number of hydrogen-bond acceptors (Lipinski definition) is 2. The van der Waals surface area contributed by atoms with Gasteiger partial charge in [0.05, 0.1) is 11.6 Å². The van der Waals surface area contributed by atoms with Gasteiger partial charge >= 0.3 is 0 Å². The zero-order valence-electron chi connectivity index (χ0n) is 11.3. The molecule has 0 aromatic heterocycles. The van der Waals surface area contributed by atoms with Crippen molar-refractivity contribution in [3.8, 4) is 0 Å². The van der Waals surface area contributed by atoms with Crippen LogP contribution in [0.25, 0.3) is 0 Å². The molecular formula is C15H23NO. The molecule has 0 saturated carbocycles. The maximum Gasteiger partial charge on any atom is 0.0767 e. The highest BCUT2D eigenvalue weighted by atomic mass is 16.3. The zero-order valence-corrected chi connectivity index (χ0v) is 11.3. The molecule has 1 unspecified atom stereocenters. The summed E-state index contributed by atoms with van der Waals surface area (Å²) in [6, 6.07) is 6.40. The van der Waals surface area contributed by atoms with E-state index in [0.717, 1.165) is 19.4 Å². The Labute approximate surface area is 104 Å². The second-order valence-corrected chi connectivity index (χ2v) is 5.70. The van der Waals surface area contributed by atoms with E-state index in [-0.39, 0.29) is 11.6 Å². The van der Waals surface area contributed by atoms with E-state index in [0.29, 0.717) is 0 Å². The molecule has 0 bridgehead atoms. The van der Waals surface area contributed by atoms with Crippen molar-refractivity contribution in [2.75, 3.05) is 11.4 Å². The standard InChI is InChI=1S/C15H23NO/c1-11-7-5-8-12(2)14(11)16-10-6-9-13(17)15(16,3)4/h5,7-8,13,17H,6,9-10H2,1-4H3. The van der Waals surface area contributed by atoms with E-state index in [1.807, 2.05) is 0 Å². The quantitative estimate of drug-likeness (QED) is 0.806. The first kappa shape index (κ1) is 12.4. The first-order valence-corrected chi connectivity index (χ1v) is 6.46. The Morgan fingerprint density at radius 3 is 2.41 bits per heavy atom. The molecule has 94 valence electrons. The van der Waals surface area contributed by atoms with Crippen molar-refractivity contribution >= 4 is 5.69 Å². The SMILES string of the molecule is Cc1cccc(C)c1N1CCCC(O)C1(C)C. The van der Waals surface area contributed by atoms with E-state index in [2.05, 4.69) is 50.8 Å². The molecule has 2 nitrogen and oxygen atoms in total. The van der Waals surface area contributed by atoms with Gasteiger partial charge < -0.3 is 10.0 Å². The second-order valence-electron chi connectivity index (χ2n) is 5.70. The molecule has 1 N–H and O–H groups in total. The Kier molecular flexibility index (Phi) is 3.17. The number of hydrogen-bond donors (Lipinski definition) is 1. The molecule has 1 heterocycles. The van der Waals surface area contributed by atoms with E-state index in [4.69, 9.17) is 0 Å². The Hall–Kier alpha value is -1.02. The predicted octanol–water partition coefficient (Wildman–Crippen LogP) is 3.04. The highest BCUT2D eigenvalue weighted by Gasteiger charge is 2.38. The molecule has 1 aliphatic heterocycles. The predicted molar refractivity (Wildman–Crippen MR) is 72.6 cm³/mol. The van der Waals surface area contributed by atoms with Crippen molar-refractivity contribution in [2.24, 2.45) is 0 Å². The van der Waals surface area contributed by atoms with Crippen LogP contribution in [-0.2, 0) is 0 Å². The van der Waals surface area contributed by atoms with Gasteiger partial charge in [-0.25, -0.2) is 0 Å². The maximum atomic E-state index is 10.2. The average Bonchev–Trinajstić information content (AvgIpc) is 2.24. The topological polar surface area (TPSA) is 23.5 Å². The van der Waals surface area contributed by atoms with Crippen LogP contribution in [0.5, 0.6) is 0 Å². The van der Waals surface area contributed by atoms with Gasteiger partial charge in [0.25, 0.3) is 0 Å². The van der Waals surface area contributed by atoms with Gasteiger partial charge in [-0.15, -0.1) is 0 Å². The van der Waals surface area contributed by atoms with Crippen molar-refractivity contribution < 1.29 is 5.11 Å². The highest BCUT2D eigenvalue weighted by Crippen LogP contribution is 2.36. The fourth-order valence-corrected chi connectivity index (χ4v) is 2.90. The van der Waals surface area contributed by atoms with Crippen molar-refractivity contribution in [2.45, 2.75) is 52.2 Å². The second kappa shape index (κ2) is 4.34. The summed E-state index contributed by atoms with van der Waals surface area (Å²) in [5.41, 5.74) is 3.73. The first-order chi connectivity index (χ1) is 7.94. The number of aliphatic hydroxyl groups excluding tert-OH is 1. The van der Waals surface area contributed by atoms with Gasteiger partial charge in [0.1, 0.15) is 0 Å². The van der Waals surface area contributed by atoms with Crippen LogP contribution < -0.4 is 4.90 Å². The lowest BCUT2D eigenvalue weighted by atomic mass is 9.85. The van der Waals surface area contributed by atoms with Crippen molar-refractivity contribution in [3.63, 3.8) is 0 Å². The number of piperidine rings is 1. The minimum absolute atomic E-state index is 0.172. The summed E-state index contributed by atoms with van der Waals surface area (Å²) in [7, 11) is 0. The Morgan fingerprint density at radius 1 is 1.24 bits per heavy atom. The molecule has 0 radical (unpaired) electrons. The van der Waals surface area contributed by atoms with Crippen molar-refractivity contribution in [3.05, 3.63) is 29.3 Å². The molecule has 2 heteroatoms. The molecule has 0 spiro atoms. The molecule has 1 aromatic carbocycles. The summed E-state index contributed by atoms with van der Waals surface area (Å²) in [5, 5.41) is 10.2. The normalized spacial score (nSPS) is 23.8. The summed E-state index contributed by atoms with van der Waals surface area (Å²) in [6.07, 6.45) is 1.74. The van der Waals surface area contributed by atoms with Gasteiger partial charge in [-0.3, -0.25) is 0 Å². The van der Waals surface area contributed by atoms with Gasteiger partial charge in [0.15, 0.2) is 0 Å². The highest BCUT2D eigenvalue weighted by molar-refractivity contribution is 5.61. The number of benzene rings is 1. The van der Waals surface area contributed by atoms with Gasteiger partial charge in [-0.2, -0.15) is 0 Å². The van der Waals surface area contributed by atoms with Crippen LogP contribution in [-0.4, -0.2) is 23.3 Å². The van der Waals surface area contributed by atoms with Crippen LogP contribution in [0.3, 0.4) is 0 Å². The van der Waals surface area contributed by atoms with Crippen molar-refractivity contribution in [1.82, 2.24) is 0 Å². The number of anilines is 1. The molecule has 2 rings (SSSR count). The number of aryl methyl sites for hydroxylation is 2. The fraction of sp³-hybridized carbons (Fsp3) is 0.600. The van der Waals surface area contributed by atoms with Crippen LogP contribution >= 0.6 is 0 Å². The monoisotopic (exact) mass is 233 g/mol. The molecule has 1 atom stereocenters. The number of rotatable bonds is 1. The van der Waals surface area contributed by atoms with Crippen LogP contribution in [0, 0.1) is 13.8 Å². The van der Waals surface area contributed by atoms with E-state index in [1.54, 1.807) is 0 Å². The minimum atomic E-state index is -0.241. The van der Waals surface area contributed by atoms with E-state index < -0.39 is 0 Å². The lowest BCUT2D eigenvalue weighted by Crippen LogP contribution is -2.56. The third-order valence-electron chi connectivity index (χ3n) is 4.08. The molecule has 0 amide bonds. The Morgan fingerprint density at radius 2 is 1.82 bits per heavy atom. The van der Waals surface area contributed by atoms with Crippen molar-refractivity contribution in [1.29, 1.82) is 0 Å². The van der Waals surface area contributed by atoms with Gasteiger partial charge in [-0.05, 0) is 51.7 Å². The Bertz CT molecular complexity index is 391.